The van der Waals surface area contributed by atoms with E-state index >= 15 is 0 Å². The smallest absolute Gasteiger partial charge is 0.314 e. The average molecular weight is 405 g/mol. The van der Waals surface area contributed by atoms with Crippen LogP contribution in [0.25, 0.3) is 0 Å². The number of thiophene rings is 1. The fraction of sp³-hybridized carbons (Fsp3) is 0.375. The molecule has 0 spiro atoms. The first-order valence-electron chi connectivity index (χ1n) is 7.32. The third-order valence-corrected chi connectivity index (χ3v) is 5.59. The van der Waals surface area contributed by atoms with Crippen molar-refractivity contribution in [3.8, 4) is 0 Å². The van der Waals surface area contributed by atoms with E-state index in [1.807, 2.05) is 12.1 Å². The second-order valence-corrected chi connectivity index (χ2v) is 7.95. The summed E-state index contributed by atoms with van der Waals surface area (Å²) in [6.45, 7) is 3.33. The second kappa shape index (κ2) is 6.93. The number of piperazine rings is 1. The molecule has 1 N–H and O–H groups in total. The van der Waals surface area contributed by atoms with Crippen molar-refractivity contribution < 1.29 is 13.2 Å². The Labute approximate surface area is 145 Å². The molecule has 0 bridgehead atoms. The maximum absolute atomic E-state index is 13.1. The van der Waals surface area contributed by atoms with Gasteiger partial charge in [0.15, 0.2) is 0 Å². The molecular weight excluding hydrogens is 389 g/mol. The van der Waals surface area contributed by atoms with Crippen LogP contribution in [0.1, 0.15) is 22.0 Å². The highest BCUT2D eigenvalue weighted by Crippen LogP contribution is 2.38. The molecule has 1 aliphatic rings. The second-order valence-electron chi connectivity index (χ2n) is 5.45. The molecule has 0 amide bonds. The Kier molecular flexibility index (Phi) is 5.10. The quantitative estimate of drug-likeness (QED) is 0.808. The van der Waals surface area contributed by atoms with Crippen molar-refractivity contribution >= 4 is 27.3 Å². The van der Waals surface area contributed by atoms with Gasteiger partial charge in [0, 0.05) is 31.1 Å². The Bertz CT molecular complexity index is 665. The lowest BCUT2D eigenvalue weighted by Gasteiger charge is -2.35. The molecule has 2 heterocycles. The fourth-order valence-corrected chi connectivity index (χ4v) is 4.44. The van der Waals surface area contributed by atoms with Crippen molar-refractivity contribution in [2.75, 3.05) is 26.2 Å². The van der Waals surface area contributed by atoms with Crippen LogP contribution in [0.3, 0.4) is 0 Å². The summed E-state index contributed by atoms with van der Waals surface area (Å²) in [5.41, 5.74) is 0.0989. The summed E-state index contributed by atoms with van der Waals surface area (Å²) < 4.78 is 40.1. The van der Waals surface area contributed by atoms with Gasteiger partial charge in [-0.2, -0.15) is 13.2 Å². The molecule has 2 nitrogen and oxygen atoms in total. The highest BCUT2D eigenvalue weighted by Gasteiger charge is 2.32. The highest BCUT2D eigenvalue weighted by molar-refractivity contribution is 9.11. The SMILES string of the molecule is FC(F)(F)c1cccc(C(c2ccc(Br)s2)N2CCNCC2)c1. The van der Waals surface area contributed by atoms with Crippen LogP contribution in [0.2, 0.25) is 0 Å². The van der Waals surface area contributed by atoms with Gasteiger partial charge in [-0.15, -0.1) is 11.3 Å². The molecule has 3 rings (SSSR count). The Morgan fingerprint density at radius 1 is 1.13 bits per heavy atom. The van der Waals surface area contributed by atoms with Crippen LogP contribution >= 0.6 is 27.3 Å². The minimum absolute atomic E-state index is 0.143. The van der Waals surface area contributed by atoms with Gasteiger partial charge in [-0.05, 0) is 45.8 Å². The monoisotopic (exact) mass is 404 g/mol. The zero-order chi connectivity index (χ0) is 16.4. The Hall–Kier alpha value is -0.890. The lowest BCUT2D eigenvalue weighted by atomic mass is 10.00. The van der Waals surface area contributed by atoms with Crippen LogP contribution in [-0.2, 0) is 6.18 Å². The molecule has 0 radical (unpaired) electrons. The minimum Gasteiger partial charge on any atom is -0.314 e. The molecule has 1 aromatic heterocycles. The molecule has 1 unspecified atom stereocenters. The molecule has 0 saturated carbocycles. The zero-order valence-electron chi connectivity index (χ0n) is 12.2. The zero-order valence-corrected chi connectivity index (χ0v) is 14.6. The van der Waals surface area contributed by atoms with Gasteiger partial charge in [0.1, 0.15) is 0 Å². The number of hydrogen-bond acceptors (Lipinski definition) is 3. The van der Waals surface area contributed by atoms with Gasteiger partial charge in [-0.1, -0.05) is 12.1 Å². The van der Waals surface area contributed by atoms with Gasteiger partial charge < -0.3 is 5.32 Å². The number of nitrogens with zero attached hydrogens (tertiary/aromatic N) is 1. The molecular formula is C16H16BrF3N2S. The normalized spacial score (nSPS) is 18.1. The topological polar surface area (TPSA) is 15.3 Å². The van der Waals surface area contributed by atoms with Gasteiger partial charge in [0.05, 0.1) is 15.4 Å². The summed E-state index contributed by atoms with van der Waals surface area (Å²) in [6, 6.07) is 9.48. The Balaban J connectivity index is 2.01. The van der Waals surface area contributed by atoms with Gasteiger partial charge in [0.25, 0.3) is 0 Å². The lowest BCUT2D eigenvalue weighted by molar-refractivity contribution is -0.137. The van der Waals surface area contributed by atoms with Crippen molar-refractivity contribution in [2.45, 2.75) is 12.2 Å². The summed E-state index contributed by atoms with van der Waals surface area (Å²) in [5, 5.41) is 3.29. The summed E-state index contributed by atoms with van der Waals surface area (Å²) >= 11 is 5.02. The summed E-state index contributed by atoms with van der Waals surface area (Å²) in [6.07, 6.45) is -4.32. The Morgan fingerprint density at radius 2 is 1.87 bits per heavy atom. The van der Waals surface area contributed by atoms with Crippen molar-refractivity contribution in [2.24, 2.45) is 0 Å². The fourth-order valence-electron chi connectivity index (χ4n) is 2.86. The lowest BCUT2D eigenvalue weighted by Crippen LogP contribution is -2.45. The molecule has 2 aromatic rings. The maximum Gasteiger partial charge on any atom is 0.416 e. The first-order chi connectivity index (χ1) is 10.9. The summed E-state index contributed by atoms with van der Waals surface area (Å²) in [4.78, 5) is 3.29. The number of halogens is 4. The molecule has 23 heavy (non-hydrogen) atoms. The first-order valence-corrected chi connectivity index (χ1v) is 8.93. The van der Waals surface area contributed by atoms with Crippen LogP contribution in [0.4, 0.5) is 13.2 Å². The third-order valence-electron chi connectivity index (χ3n) is 3.91. The summed E-state index contributed by atoms with van der Waals surface area (Å²) in [7, 11) is 0. The third kappa shape index (κ3) is 3.96. The van der Waals surface area contributed by atoms with Crippen LogP contribution < -0.4 is 5.32 Å². The van der Waals surface area contributed by atoms with E-state index in [4.69, 9.17) is 0 Å². The van der Waals surface area contributed by atoms with E-state index in [0.717, 1.165) is 40.9 Å². The van der Waals surface area contributed by atoms with Gasteiger partial charge in [-0.3, -0.25) is 4.90 Å². The molecule has 1 aromatic carbocycles. The number of rotatable bonds is 3. The van der Waals surface area contributed by atoms with E-state index < -0.39 is 11.7 Å². The van der Waals surface area contributed by atoms with Crippen LogP contribution in [-0.4, -0.2) is 31.1 Å². The van der Waals surface area contributed by atoms with Gasteiger partial charge in [0.2, 0.25) is 0 Å². The van der Waals surface area contributed by atoms with Crippen LogP contribution in [0, 0.1) is 0 Å². The van der Waals surface area contributed by atoms with Crippen molar-refractivity contribution in [1.29, 1.82) is 0 Å². The van der Waals surface area contributed by atoms with Gasteiger partial charge >= 0.3 is 6.18 Å². The van der Waals surface area contributed by atoms with E-state index in [0.29, 0.717) is 5.56 Å². The number of nitrogens with one attached hydrogen (secondary N) is 1. The van der Waals surface area contributed by atoms with Crippen molar-refractivity contribution in [3.63, 3.8) is 0 Å². The molecule has 1 atom stereocenters. The van der Waals surface area contributed by atoms with Crippen molar-refractivity contribution in [1.82, 2.24) is 10.2 Å². The molecule has 7 heteroatoms. The van der Waals surface area contributed by atoms with E-state index in [9.17, 15) is 13.2 Å². The highest BCUT2D eigenvalue weighted by atomic mass is 79.9. The maximum atomic E-state index is 13.1. The first kappa shape index (κ1) is 17.0. The predicted octanol–water partition coefficient (Wildman–Crippen LogP) is 4.52. The average Bonchev–Trinajstić information content (AvgIpc) is 2.94. The Morgan fingerprint density at radius 3 is 2.48 bits per heavy atom. The van der Waals surface area contributed by atoms with E-state index in [1.54, 1.807) is 17.4 Å². The van der Waals surface area contributed by atoms with Crippen molar-refractivity contribution in [3.05, 3.63) is 56.2 Å². The van der Waals surface area contributed by atoms with Crippen LogP contribution in [0.15, 0.2) is 40.2 Å². The minimum atomic E-state index is -4.32. The summed E-state index contributed by atoms with van der Waals surface area (Å²) in [5.74, 6) is 0. The standard InChI is InChI=1S/C16H16BrF3N2S/c17-14-5-4-13(23-14)15(22-8-6-21-7-9-22)11-2-1-3-12(10-11)16(18,19)20/h1-5,10,15,21H,6-9H2. The molecule has 0 aliphatic carbocycles. The van der Waals surface area contributed by atoms with E-state index in [2.05, 4.69) is 26.1 Å². The van der Waals surface area contributed by atoms with E-state index in [-0.39, 0.29) is 6.04 Å². The number of alkyl halides is 3. The molecule has 124 valence electrons. The molecule has 1 saturated heterocycles. The number of hydrogen-bond donors (Lipinski definition) is 1. The van der Waals surface area contributed by atoms with E-state index in [1.165, 1.54) is 12.1 Å². The molecule has 1 fully saturated rings. The predicted molar refractivity (Wildman–Crippen MR) is 89.7 cm³/mol. The molecule has 1 aliphatic heterocycles. The van der Waals surface area contributed by atoms with Gasteiger partial charge in [-0.25, -0.2) is 0 Å². The van der Waals surface area contributed by atoms with Crippen LogP contribution in [0.5, 0.6) is 0 Å². The number of benzene rings is 1. The largest absolute Gasteiger partial charge is 0.416 e.